The Morgan fingerprint density at radius 1 is 1.08 bits per heavy atom. The van der Waals surface area contributed by atoms with Gasteiger partial charge in [0.05, 0.1) is 29.9 Å². The molecule has 4 aromatic rings. The van der Waals surface area contributed by atoms with Crippen LogP contribution in [0.3, 0.4) is 0 Å². The van der Waals surface area contributed by atoms with Gasteiger partial charge in [-0.3, -0.25) is 4.84 Å². The summed E-state index contributed by atoms with van der Waals surface area (Å²) in [5.74, 6) is 4.45. The molecule has 5 rings (SSSR count). The van der Waals surface area contributed by atoms with Gasteiger partial charge in [0.15, 0.2) is 5.65 Å². The largest absolute Gasteiger partial charge is 0.345 e. The minimum absolute atomic E-state index is 0.0470. The molecule has 2 aromatic carbocycles. The molecule has 11 heteroatoms. The predicted molar refractivity (Wildman–Crippen MR) is 131 cm³/mol. The highest BCUT2D eigenvalue weighted by atomic mass is 19.1. The van der Waals surface area contributed by atoms with Gasteiger partial charge in [-0.15, -0.1) is 0 Å². The second-order valence-corrected chi connectivity index (χ2v) is 8.19. The zero-order chi connectivity index (χ0) is 26.5. The number of nitrogens with zero attached hydrogens (tertiary/aromatic N) is 5. The van der Waals surface area contributed by atoms with Gasteiger partial charge in [0.2, 0.25) is 0 Å². The number of hydrogen-bond acceptors (Lipinski definition) is 5. The van der Waals surface area contributed by atoms with Gasteiger partial charge in [-0.25, -0.2) is 37.7 Å². The lowest BCUT2D eigenvalue weighted by Gasteiger charge is -2.15. The highest BCUT2D eigenvalue weighted by Gasteiger charge is 2.20. The van der Waals surface area contributed by atoms with E-state index < -0.39 is 23.5 Å². The van der Waals surface area contributed by atoms with Crippen LogP contribution in [0.4, 0.5) is 23.7 Å². The van der Waals surface area contributed by atoms with Gasteiger partial charge in [0.1, 0.15) is 29.5 Å². The van der Waals surface area contributed by atoms with Crippen LogP contribution in [0.15, 0.2) is 42.7 Å². The van der Waals surface area contributed by atoms with E-state index in [4.69, 9.17) is 4.84 Å². The Labute approximate surface area is 211 Å². The van der Waals surface area contributed by atoms with Gasteiger partial charge in [-0.05, 0) is 56.0 Å². The first kappa shape index (κ1) is 25.7. The Morgan fingerprint density at radius 3 is 2.49 bits per heavy atom. The molecule has 1 saturated heterocycles. The number of hydrogen-bond donors (Lipinski definition) is 1. The topological polar surface area (TPSA) is 85.2 Å². The number of hydroxylamine groups is 2. The SMILES string of the molecule is Cc1cc(F)c(NC(=O)N2CCCO2)cc1C#Cc1nn(C)c2ncnc(C)c12.Fc1cccc(F)c1. The van der Waals surface area contributed by atoms with Crippen molar-refractivity contribution in [3.8, 4) is 11.8 Å². The highest BCUT2D eigenvalue weighted by Crippen LogP contribution is 2.22. The van der Waals surface area contributed by atoms with E-state index in [2.05, 4.69) is 32.2 Å². The van der Waals surface area contributed by atoms with Gasteiger partial charge in [0.25, 0.3) is 0 Å². The molecule has 1 aliphatic rings. The summed E-state index contributed by atoms with van der Waals surface area (Å²) in [6.45, 7) is 4.57. The lowest BCUT2D eigenvalue weighted by atomic mass is 10.1. The molecule has 0 aliphatic carbocycles. The maximum Gasteiger partial charge on any atom is 0.345 e. The lowest BCUT2D eigenvalue weighted by molar-refractivity contribution is -0.0614. The van der Waals surface area contributed by atoms with Crippen LogP contribution in [0.5, 0.6) is 0 Å². The second kappa shape index (κ2) is 11.1. The molecule has 8 nitrogen and oxygen atoms in total. The van der Waals surface area contributed by atoms with Gasteiger partial charge in [-0.1, -0.05) is 12.0 Å². The Morgan fingerprint density at radius 2 is 1.84 bits per heavy atom. The van der Waals surface area contributed by atoms with Crippen molar-refractivity contribution < 1.29 is 22.8 Å². The third-order valence-corrected chi connectivity index (χ3v) is 5.45. The molecule has 0 bridgehead atoms. The summed E-state index contributed by atoms with van der Waals surface area (Å²) in [4.78, 5) is 25.8. The van der Waals surface area contributed by atoms with Crippen molar-refractivity contribution in [1.82, 2.24) is 24.8 Å². The molecule has 37 heavy (non-hydrogen) atoms. The fourth-order valence-corrected chi connectivity index (χ4v) is 3.59. The molecule has 2 aromatic heterocycles. The molecule has 2 amide bonds. The average Bonchev–Trinajstić information content (AvgIpc) is 3.50. The van der Waals surface area contributed by atoms with Gasteiger partial charge in [0, 0.05) is 18.7 Å². The number of amides is 2. The van der Waals surface area contributed by atoms with Gasteiger partial charge in [-0.2, -0.15) is 5.10 Å². The molecule has 0 atom stereocenters. The fourth-order valence-electron chi connectivity index (χ4n) is 3.59. The van der Waals surface area contributed by atoms with Crippen LogP contribution < -0.4 is 5.32 Å². The van der Waals surface area contributed by atoms with E-state index in [-0.39, 0.29) is 5.69 Å². The van der Waals surface area contributed by atoms with Crippen LogP contribution in [0.25, 0.3) is 11.0 Å². The minimum atomic E-state index is -0.537. The van der Waals surface area contributed by atoms with E-state index in [9.17, 15) is 18.0 Å². The molecular weight excluding hydrogens is 485 g/mol. The first-order valence-electron chi connectivity index (χ1n) is 11.3. The Bertz CT molecular complexity index is 1500. The number of fused-ring (bicyclic) bond motifs is 1. The number of halogens is 3. The van der Waals surface area contributed by atoms with Crippen LogP contribution >= 0.6 is 0 Å². The number of benzene rings is 2. The summed E-state index contributed by atoms with van der Waals surface area (Å²) >= 11 is 0. The fraction of sp³-hybridized carbons (Fsp3) is 0.231. The number of aromatic nitrogens is 4. The third kappa shape index (κ3) is 6.05. The number of rotatable bonds is 1. The van der Waals surface area contributed by atoms with E-state index >= 15 is 0 Å². The molecule has 1 aliphatic heterocycles. The average molecular weight is 509 g/mol. The van der Waals surface area contributed by atoms with Crippen molar-refractivity contribution in [2.24, 2.45) is 7.05 Å². The van der Waals surface area contributed by atoms with E-state index in [0.717, 1.165) is 23.6 Å². The van der Waals surface area contributed by atoms with Crippen LogP contribution in [0.1, 0.15) is 28.9 Å². The quantitative estimate of drug-likeness (QED) is 0.379. The molecule has 190 valence electrons. The standard InChI is InChI=1S/C20H19FN6O2.C6H4F2/c1-12-9-15(21)17(24-20(28)27-7-4-8-29-27)10-14(12)5-6-16-18-13(2)22-11-23-19(18)26(3)25-16;7-5-2-1-3-6(8)4-5/h9-11H,4,7-8H2,1-3H3,(H,24,28);1-4H. The summed E-state index contributed by atoms with van der Waals surface area (Å²) in [6.07, 6.45) is 2.24. The normalized spacial score (nSPS) is 12.5. The maximum atomic E-state index is 14.4. The van der Waals surface area contributed by atoms with E-state index in [1.54, 1.807) is 18.7 Å². The predicted octanol–water partition coefficient (Wildman–Crippen LogP) is 4.65. The Hall–Kier alpha value is -4.43. The molecule has 1 N–H and O–H groups in total. The highest BCUT2D eigenvalue weighted by molar-refractivity contribution is 5.89. The minimum Gasteiger partial charge on any atom is -0.303 e. The van der Waals surface area contributed by atoms with Crippen molar-refractivity contribution in [2.75, 3.05) is 18.5 Å². The Balaban J connectivity index is 0.000000342. The van der Waals surface area contributed by atoms with Gasteiger partial charge < -0.3 is 5.32 Å². The van der Waals surface area contributed by atoms with Crippen molar-refractivity contribution in [1.29, 1.82) is 0 Å². The van der Waals surface area contributed by atoms with E-state index in [1.165, 1.54) is 41.7 Å². The lowest BCUT2D eigenvalue weighted by Crippen LogP contribution is -2.31. The van der Waals surface area contributed by atoms with E-state index in [1.807, 2.05) is 6.92 Å². The summed E-state index contributed by atoms with van der Waals surface area (Å²) < 4.78 is 39.9. The molecule has 1 fully saturated rings. The molecule has 0 unspecified atom stereocenters. The summed E-state index contributed by atoms with van der Waals surface area (Å²) in [6, 6.07) is 6.90. The second-order valence-electron chi connectivity index (χ2n) is 8.19. The van der Waals surface area contributed by atoms with E-state index in [0.29, 0.717) is 35.6 Å². The van der Waals surface area contributed by atoms with Crippen molar-refractivity contribution in [3.63, 3.8) is 0 Å². The molecule has 0 spiro atoms. The number of urea groups is 1. The number of aryl methyl sites for hydroxylation is 3. The summed E-state index contributed by atoms with van der Waals surface area (Å²) in [5, 5.41) is 8.92. The summed E-state index contributed by atoms with van der Waals surface area (Å²) in [7, 11) is 1.79. The molecule has 0 saturated carbocycles. The first-order valence-corrected chi connectivity index (χ1v) is 11.3. The maximum absolute atomic E-state index is 14.4. The van der Waals surface area contributed by atoms with Crippen LogP contribution in [-0.4, -0.2) is 44.0 Å². The number of nitrogens with one attached hydrogen (secondary N) is 1. The van der Waals surface area contributed by atoms with Crippen molar-refractivity contribution >= 4 is 22.8 Å². The number of carbonyl (C=O) groups excluding carboxylic acids is 1. The van der Waals surface area contributed by atoms with Crippen LogP contribution in [0.2, 0.25) is 0 Å². The molecule has 3 heterocycles. The number of anilines is 1. The van der Waals surface area contributed by atoms with Crippen LogP contribution in [-0.2, 0) is 11.9 Å². The van der Waals surface area contributed by atoms with Gasteiger partial charge >= 0.3 is 6.03 Å². The monoisotopic (exact) mass is 508 g/mol. The zero-order valence-electron chi connectivity index (χ0n) is 20.3. The van der Waals surface area contributed by atoms with Crippen molar-refractivity contribution in [3.05, 3.63) is 82.7 Å². The van der Waals surface area contributed by atoms with Crippen molar-refractivity contribution in [2.45, 2.75) is 20.3 Å². The summed E-state index contributed by atoms with van der Waals surface area (Å²) in [5.41, 5.74) is 3.29. The number of carbonyl (C=O) groups is 1. The zero-order valence-corrected chi connectivity index (χ0v) is 20.3. The smallest absolute Gasteiger partial charge is 0.303 e. The van der Waals surface area contributed by atoms with Crippen LogP contribution in [0, 0.1) is 43.1 Å². The first-order chi connectivity index (χ1) is 17.7. The molecular formula is C26H23F3N6O2. The third-order valence-electron chi connectivity index (χ3n) is 5.45. The molecule has 0 radical (unpaired) electrons. The Kier molecular flexibility index (Phi) is 7.69.